The number of aryl methyl sites for hydroxylation is 1. The molecule has 0 aliphatic carbocycles. The van der Waals surface area contributed by atoms with Crippen LogP contribution in [0.1, 0.15) is 11.5 Å². The summed E-state index contributed by atoms with van der Waals surface area (Å²) in [6, 6.07) is 2.02. The first kappa shape index (κ1) is 11.5. The molecule has 0 unspecified atom stereocenters. The normalized spacial score (nSPS) is 10.6. The van der Waals surface area contributed by atoms with Gasteiger partial charge in [0, 0.05) is 0 Å². The maximum Gasteiger partial charge on any atom is 0.196 e. The molecule has 0 amide bonds. The van der Waals surface area contributed by atoms with Gasteiger partial charge in [0.15, 0.2) is 17.5 Å². The average molecular weight is 241 g/mol. The predicted octanol–water partition coefficient (Wildman–Crippen LogP) is 2.75. The molecule has 3 nitrogen and oxygen atoms in total. The first-order valence-electron chi connectivity index (χ1n) is 4.96. The summed E-state index contributed by atoms with van der Waals surface area (Å²) < 4.78 is 38.8. The minimum Gasteiger partial charge on any atom is -0.377 e. The van der Waals surface area contributed by atoms with Crippen molar-refractivity contribution in [2.75, 3.05) is 5.32 Å². The van der Waals surface area contributed by atoms with Crippen molar-refractivity contribution in [2.45, 2.75) is 13.5 Å². The number of nitrogens with one attached hydrogen (secondary N) is 2. The van der Waals surface area contributed by atoms with Crippen molar-refractivity contribution in [1.82, 2.24) is 9.97 Å². The van der Waals surface area contributed by atoms with E-state index in [1.807, 2.05) is 0 Å². The number of aromatic nitrogens is 2. The molecule has 1 aromatic heterocycles. The zero-order chi connectivity index (χ0) is 12.4. The Labute approximate surface area is 95.7 Å². The number of aromatic amines is 1. The minimum absolute atomic E-state index is 0.0869. The fourth-order valence-corrected chi connectivity index (χ4v) is 1.41. The van der Waals surface area contributed by atoms with E-state index in [2.05, 4.69) is 15.3 Å². The molecule has 1 aromatic carbocycles. The Bertz CT molecular complexity index is 537. The van der Waals surface area contributed by atoms with E-state index < -0.39 is 17.5 Å². The van der Waals surface area contributed by atoms with Gasteiger partial charge in [-0.25, -0.2) is 18.2 Å². The summed E-state index contributed by atoms with van der Waals surface area (Å²) in [7, 11) is 0. The molecule has 0 radical (unpaired) electrons. The van der Waals surface area contributed by atoms with Crippen LogP contribution in [0.2, 0.25) is 0 Å². The lowest BCUT2D eigenvalue weighted by molar-refractivity contribution is 0.449. The lowest BCUT2D eigenvalue weighted by atomic mass is 10.2. The van der Waals surface area contributed by atoms with Gasteiger partial charge in [0.25, 0.3) is 0 Å². The van der Waals surface area contributed by atoms with Gasteiger partial charge in [-0.15, -0.1) is 0 Å². The van der Waals surface area contributed by atoms with Crippen LogP contribution >= 0.6 is 0 Å². The molecule has 0 saturated heterocycles. The highest BCUT2D eigenvalue weighted by Gasteiger charge is 2.12. The van der Waals surface area contributed by atoms with Gasteiger partial charge < -0.3 is 10.3 Å². The van der Waals surface area contributed by atoms with Gasteiger partial charge in [-0.2, -0.15) is 0 Å². The molecule has 2 rings (SSSR count). The monoisotopic (exact) mass is 241 g/mol. The van der Waals surface area contributed by atoms with Gasteiger partial charge in [0.1, 0.15) is 5.82 Å². The molecular weight excluding hydrogens is 231 g/mol. The summed E-state index contributed by atoms with van der Waals surface area (Å²) >= 11 is 0. The quantitative estimate of drug-likeness (QED) is 0.811. The molecule has 2 aromatic rings. The predicted molar refractivity (Wildman–Crippen MR) is 57.0 cm³/mol. The van der Waals surface area contributed by atoms with Crippen molar-refractivity contribution < 1.29 is 13.2 Å². The van der Waals surface area contributed by atoms with Crippen LogP contribution in [0, 0.1) is 24.4 Å². The number of halogens is 3. The summed E-state index contributed by atoms with van der Waals surface area (Å²) in [5.41, 5.74) is 0.641. The Morgan fingerprint density at radius 3 is 2.65 bits per heavy atom. The van der Waals surface area contributed by atoms with Gasteiger partial charge in [-0.05, 0) is 19.1 Å². The zero-order valence-corrected chi connectivity index (χ0v) is 9.02. The highest BCUT2D eigenvalue weighted by atomic mass is 19.2. The molecule has 0 saturated carbocycles. The van der Waals surface area contributed by atoms with Crippen LogP contribution in [0.25, 0.3) is 0 Å². The maximum atomic E-state index is 13.3. The SMILES string of the molecule is Cc1ncc(CNc2ccc(F)c(F)c2F)[nH]1. The van der Waals surface area contributed by atoms with Crippen molar-refractivity contribution in [3.63, 3.8) is 0 Å². The van der Waals surface area contributed by atoms with Gasteiger partial charge in [0.05, 0.1) is 24.1 Å². The highest BCUT2D eigenvalue weighted by Crippen LogP contribution is 2.19. The van der Waals surface area contributed by atoms with Gasteiger partial charge in [0.2, 0.25) is 0 Å². The summed E-state index contributed by atoms with van der Waals surface area (Å²) in [6.45, 7) is 2.03. The Hall–Kier alpha value is -1.98. The zero-order valence-electron chi connectivity index (χ0n) is 9.02. The third kappa shape index (κ3) is 2.41. The number of imidazole rings is 1. The van der Waals surface area contributed by atoms with Crippen LogP contribution in [-0.2, 0) is 6.54 Å². The van der Waals surface area contributed by atoms with E-state index in [0.717, 1.165) is 23.7 Å². The number of hydrogen-bond acceptors (Lipinski definition) is 2. The van der Waals surface area contributed by atoms with E-state index in [1.54, 1.807) is 13.1 Å². The molecule has 0 fully saturated rings. The van der Waals surface area contributed by atoms with E-state index in [4.69, 9.17) is 0 Å². The molecule has 90 valence electrons. The molecule has 0 aliphatic rings. The first-order chi connectivity index (χ1) is 8.08. The van der Waals surface area contributed by atoms with E-state index in [-0.39, 0.29) is 12.2 Å². The van der Waals surface area contributed by atoms with Crippen LogP contribution in [0.5, 0.6) is 0 Å². The molecule has 1 heterocycles. The first-order valence-corrected chi connectivity index (χ1v) is 4.96. The van der Waals surface area contributed by atoms with Crippen LogP contribution in [0.15, 0.2) is 18.3 Å². The Morgan fingerprint density at radius 2 is 2.00 bits per heavy atom. The maximum absolute atomic E-state index is 13.3. The molecule has 0 spiro atoms. The standard InChI is InChI=1S/C11H10F3N3/c1-6-15-4-7(17-6)5-16-9-3-2-8(12)10(13)11(9)14/h2-4,16H,5H2,1H3,(H,15,17). The number of hydrogen-bond donors (Lipinski definition) is 2. The average Bonchev–Trinajstić information content (AvgIpc) is 2.71. The Kier molecular flexibility index (Phi) is 3.03. The third-order valence-corrected chi connectivity index (χ3v) is 2.26. The second-order valence-corrected chi connectivity index (χ2v) is 3.57. The summed E-state index contributed by atoms with van der Waals surface area (Å²) in [5, 5.41) is 2.66. The third-order valence-electron chi connectivity index (χ3n) is 2.26. The van der Waals surface area contributed by atoms with Crippen molar-refractivity contribution in [3.8, 4) is 0 Å². The second-order valence-electron chi connectivity index (χ2n) is 3.57. The fraction of sp³-hybridized carbons (Fsp3) is 0.182. The molecule has 17 heavy (non-hydrogen) atoms. The summed E-state index contributed by atoms with van der Waals surface area (Å²) in [6.07, 6.45) is 1.58. The van der Waals surface area contributed by atoms with Crippen LogP contribution < -0.4 is 5.32 Å². The van der Waals surface area contributed by atoms with E-state index in [9.17, 15) is 13.2 Å². The molecule has 0 atom stereocenters. The molecule has 2 N–H and O–H groups in total. The number of rotatable bonds is 3. The van der Waals surface area contributed by atoms with Gasteiger partial charge >= 0.3 is 0 Å². The molecule has 0 bridgehead atoms. The van der Waals surface area contributed by atoms with Crippen molar-refractivity contribution in [1.29, 1.82) is 0 Å². The van der Waals surface area contributed by atoms with E-state index >= 15 is 0 Å². The summed E-state index contributed by atoms with van der Waals surface area (Å²) in [5.74, 6) is -3.17. The smallest absolute Gasteiger partial charge is 0.196 e. The van der Waals surface area contributed by atoms with Crippen LogP contribution in [0.3, 0.4) is 0 Å². The largest absolute Gasteiger partial charge is 0.377 e. The Balaban J connectivity index is 2.12. The lowest BCUT2D eigenvalue weighted by Gasteiger charge is -2.06. The number of H-pyrrole nitrogens is 1. The fourth-order valence-electron chi connectivity index (χ4n) is 1.41. The number of anilines is 1. The Morgan fingerprint density at radius 1 is 1.24 bits per heavy atom. The number of nitrogens with zero attached hydrogens (tertiary/aromatic N) is 1. The minimum atomic E-state index is -1.48. The summed E-state index contributed by atoms with van der Waals surface area (Å²) in [4.78, 5) is 6.89. The van der Waals surface area contributed by atoms with Gasteiger partial charge in [-0.1, -0.05) is 0 Å². The van der Waals surface area contributed by atoms with Crippen molar-refractivity contribution in [2.24, 2.45) is 0 Å². The van der Waals surface area contributed by atoms with Crippen molar-refractivity contribution in [3.05, 3.63) is 47.3 Å². The van der Waals surface area contributed by atoms with E-state index in [0.29, 0.717) is 0 Å². The van der Waals surface area contributed by atoms with Crippen LogP contribution in [0.4, 0.5) is 18.9 Å². The highest BCUT2D eigenvalue weighted by molar-refractivity contribution is 5.45. The molecule has 6 heteroatoms. The topological polar surface area (TPSA) is 40.7 Å². The van der Waals surface area contributed by atoms with Crippen LogP contribution in [-0.4, -0.2) is 9.97 Å². The lowest BCUT2D eigenvalue weighted by Crippen LogP contribution is -2.04. The number of benzene rings is 1. The van der Waals surface area contributed by atoms with Gasteiger partial charge in [-0.3, -0.25) is 0 Å². The molecule has 0 aliphatic heterocycles. The van der Waals surface area contributed by atoms with E-state index in [1.165, 1.54) is 0 Å². The molecular formula is C11H10F3N3. The van der Waals surface area contributed by atoms with Crippen molar-refractivity contribution >= 4 is 5.69 Å². The second kappa shape index (κ2) is 4.48.